The third-order valence-electron chi connectivity index (χ3n) is 5.81. The Hall–Kier alpha value is -2.94. The third-order valence-corrected chi connectivity index (χ3v) is 5.81. The van der Waals surface area contributed by atoms with E-state index in [0.717, 1.165) is 17.9 Å². The van der Waals surface area contributed by atoms with Crippen molar-refractivity contribution < 1.29 is 9.84 Å². The molecule has 1 heterocycles. The molecule has 0 spiro atoms. The van der Waals surface area contributed by atoms with Crippen molar-refractivity contribution in [2.24, 2.45) is 5.92 Å². The maximum Gasteiger partial charge on any atom is 0.124 e. The van der Waals surface area contributed by atoms with E-state index in [1.807, 2.05) is 12.1 Å². The summed E-state index contributed by atoms with van der Waals surface area (Å²) in [5.41, 5.74) is 3.50. The van der Waals surface area contributed by atoms with Crippen molar-refractivity contribution >= 4 is 16.5 Å². The standard InChI is InChI=1S/C23H21NO2/c1-26-21-12-9-14-5-2-3-6-16(14)22(21)23-18-8-4-7-17(18)19-13-15(25)10-11-20(19)24-23/h2-7,9-13,17-18,23-25H,8H2,1H3. The monoisotopic (exact) mass is 343 g/mol. The number of benzene rings is 3. The Morgan fingerprint density at radius 1 is 1.08 bits per heavy atom. The smallest absolute Gasteiger partial charge is 0.124 e. The molecule has 0 saturated heterocycles. The highest BCUT2D eigenvalue weighted by molar-refractivity contribution is 5.89. The number of aromatic hydroxyl groups is 1. The molecule has 26 heavy (non-hydrogen) atoms. The summed E-state index contributed by atoms with van der Waals surface area (Å²) >= 11 is 0. The highest BCUT2D eigenvalue weighted by atomic mass is 16.5. The van der Waals surface area contributed by atoms with E-state index in [4.69, 9.17) is 4.74 Å². The van der Waals surface area contributed by atoms with Gasteiger partial charge in [-0.25, -0.2) is 0 Å². The Balaban J connectivity index is 1.72. The summed E-state index contributed by atoms with van der Waals surface area (Å²) in [6.45, 7) is 0. The minimum absolute atomic E-state index is 0.160. The molecule has 0 aromatic heterocycles. The second kappa shape index (κ2) is 5.80. The Bertz CT molecular complexity index is 1020. The fourth-order valence-corrected chi connectivity index (χ4v) is 4.64. The first kappa shape index (κ1) is 15.3. The van der Waals surface area contributed by atoms with Gasteiger partial charge in [-0.2, -0.15) is 0 Å². The molecule has 2 N–H and O–H groups in total. The molecule has 3 nitrogen and oxygen atoms in total. The minimum atomic E-state index is 0.160. The van der Waals surface area contributed by atoms with Crippen LogP contribution in [0.1, 0.15) is 29.5 Å². The molecule has 3 aromatic carbocycles. The van der Waals surface area contributed by atoms with E-state index < -0.39 is 0 Å². The molecule has 0 bridgehead atoms. The number of allylic oxidation sites excluding steroid dienone is 2. The second-order valence-corrected chi connectivity index (χ2v) is 7.15. The fraction of sp³-hybridized carbons (Fsp3) is 0.217. The molecular weight excluding hydrogens is 322 g/mol. The van der Waals surface area contributed by atoms with Crippen molar-refractivity contribution in [3.8, 4) is 11.5 Å². The summed E-state index contributed by atoms with van der Waals surface area (Å²) in [6.07, 6.45) is 5.57. The van der Waals surface area contributed by atoms with Crippen molar-refractivity contribution in [1.29, 1.82) is 0 Å². The maximum atomic E-state index is 9.94. The molecular formula is C23H21NO2. The molecule has 5 rings (SSSR count). The molecule has 3 atom stereocenters. The van der Waals surface area contributed by atoms with Crippen LogP contribution in [0.5, 0.6) is 11.5 Å². The van der Waals surface area contributed by atoms with E-state index in [9.17, 15) is 5.11 Å². The maximum absolute atomic E-state index is 9.94. The highest BCUT2D eigenvalue weighted by Crippen LogP contribution is 2.52. The molecule has 0 radical (unpaired) electrons. The van der Waals surface area contributed by atoms with Gasteiger partial charge in [0.1, 0.15) is 11.5 Å². The van der Waals surface area contributed by atoms with Crippen molar-refractivity contribution in [3.63, 3.8) is 0 Å². The van der Waals surface area contributed by atoms with Crippen LogP contribution in [0.2, 0.25) is 0 Å². The van der Waals surface area contributed by atoms with Gasteiger partial charge in [0.05, 0.1) is 13.2 Å². The number of hydrogen-bond acceptors (Lipinski definition) is 3. The number of anilines is 1. The quantitative estimate of drug-likeness (QED) is 0.485. The molecule has 3 aromatic rings. The summed E-state index contributed by atoms with van der Waals surface area (Å²) in [7, 11) is 1.74. The lowest BCUT2D eigenvalue weighted by atomic mass is 9.76. The van der Waals surface area contributed by atoms with Gasteiger partial charge < -0.3 is 15.2 Å². The van der Waals surface area contributed by atoms with E-state index in [0.29, 0.717) is 17.6 Å². The van der Waals surface area contributed by atoms with Crippen LogP contribution in [-0.4, -0.2) is 12.2 Å². The van der Waals surface area contributed by atoms with Gasteiger partial charge in [0.15, 0.2) is 0 Å². The predicted octanol–water partition coefficient (Wildman–Crippen LogP) is 5.38. The average Bonchev–Trinajstić information content (AvgIpc) is 3.17. The van der Waals surface area contributed by atoms with Crippen molar-refractivity contribution in [2.75, 3.05) is 12.4 Å². The number of hydrogen-bond donors (Lipinski definition) is 2. The van der Waals surface area contributed by atoms with Crippen LogP contribution in [0.15, 0.2) is 66.7 Å². The average molecular weight is 343 g/mol. The second-order valence-electron chi connectivity index (χ2n) is 7.15. The van der Waals surface area contributed by atoms with Crippen LogP contribution in [0, 0.1) is 5.92 Å². The summed E-state index contributed by atoms with van der Waals surface area (Å²) in [5.74, 6) is 1.97. The summed E-state index contributed by atoms with van der Waals surface area (Å²) in [5, 5.41) is 16.2. The van der Waals surface area contributed by atoms with Crippen molar-refractivity contribution in [2.45, 2.75) is 18.4 Å². The van der Waals surface area contributed by atoms with Gasteiger partial charge in [-0.1, -0.05) is 42.5 Å². The number of phenols is 1. The Labute approximate surface area is 152 Å². The minimum Gasteiger partial charge on any atom is -0.508 e. The summed E-state index contributed by atoms with van der Waals surface area (Å²) in [6, 6.07) is 18.5. The topological polar surface area (TPSA) is 41.5 Å². The van der Waals surface area contributed by atoms with Crippen LogP contribution in [0.25, 0.3) is 10.8 Å². The number of ether oxygens (including phenoxy) is 1. The van der Waals surface area contributed by atoms with Gasteiger partial charge in [-0.05, 0) is 52.9 Å². The molecule has 130 valence electrons. The van der Waals surface area contributed by atoms with E-state index in [1.54, 1.807) is 13.2 Å². The first-order chi connectivity index (χ1) is 12.8. The fourth-order valence-electron chi connectivity index (χ4n) is 4.64. The van der Waals surface area contributed by atoms with Gasteiger partial charge in [-0.15, -0.1) is 0 Å². The number of phenolic OH excluding ortho intramolecular Hbond substituents is 1. The molecule has 3 heteroatoms. The van der Waals surface area contributed by atoms with Gasteiger partial charge in [-0.3, -0.25) is 0 Å². The van der Waals surface area contributed by atoms with E-state index in [1.165, 1.54) is 21.9 Å². The van der Waals surface area contributed by atoms with Crippen LogP contribution in [0.4, 0.5) is 5.69 Å². The Morgan fingerprint density at radius 2 is 1.96 bits per heavy atom. The number of rotatable bonds is 2. The van der Waals surface area contributed by atoms with Crippen molar-refractivity contribution in [3.05, 3.63) is 77.9 Å². The predicted molar refractivity (Wildman–Crippen MR) is 105 cm³/mol. The molecule has 0 amide bonds. The van der Waals surface area contributed by atoms with Crippen molar-refractivity contribution in [1.82, 2.24) is 0 Å². The van der Waals surface area contributed by atoms with Gasteiger partial charge in [0, 0.05) is 17.2 Å². The highest BCUT2D eigenvalue weighted by Gasteiger charge is 2.39. The largest absolute Gasteiger partial charge is 0.508 e. The zero-order valence-electron chi connectivity index (χ0n) is 14.6. The van der Waals surface area contributed by atoms with Gasteiger partial charge in [0.25, 0.3) is 0 Å². The van der Waals surface area contributed by atoms with Gasteiger partial charge in [0.2, 0.25) is 0 Å². The van der Waals surface area contributed by atoms with E-state index in [-0.39, 0.29) is 6.04 Å². The van der Waals surface area contributed by atoms with E-state index >= 15 is 0 Å². The molecule has 3 unspecified atom stereocenters. The third kappa shape index (κ3) is 2.20. The molecule has 1 aliphatic carbocycles. The zero-order chi connectivity index (χ0) is 17.7. The first-order valence-electron chi connectivity index (χ1n) is 9.08. The van der Waals surface area contributed by atoms with Gasteiger partial charge >= 0.3 is 0 Å². The lowest BCUT2D eigenvalue weighted by molar-refractivity contribution is 0.382. The van der Waals surface area contributed by atoms with Crippen LogP contribution in [-0.2, 0) is 0 Å². The molecule has 2 aliphatic rings. The lowest BCUT2D eigenvalue weighted by Gasteiger charge is -2.38. The molecule has 0 saturated carbocycles. The number of methoxy groups -OCH3 is 1. The first-order valence-corrected chi connectivity index (χ1v) is 9.08. The number of fused-ring (bicyclic) bond motifs is 4. The molecule has 0 fully saturated rings. The Kier molecular flexibility index (Phi) is 3.42. The lowest BCUT2D eigenvalue weighted by Crippen LogP contribution is -2.29. The SMILES string of the molecule is COc1ccc2ccccc2c1C1Nc2ccc(O)cc2C2C=CCC21. The number of nitrogens with one attached hydrogen (secondary N) is 1. The van der Waals surface area contributed by atoms with Crippen LogP contribution < -0.4 is 10.1 Å². The summed E-state index contributed by atoms with van der Waals surface area (Å²) < 4.78 is 5.76. The molecule has 1 aliphatic heterocycles. The normalized spacial score (nSPS) is 23.3. The zero-order valence-corrected chi connectivity index (χ0v) is 14.6. The van der Waals surface area contributed by atoms with E-state index in [2.05, 4.69) is 53.9 Å². The summed E-state index contributed by atoms with van der Waals surface area (Å²) in [4.78, 5) is 0. The van der Waals surface area contributed by atoms with Crippen LogP contribution >= 0.6 is 0 Å². The Morgan fingerprint density at radius 3 is 2.85 bits per heavy atom. The van der Waals surface area contributed by atoms with Crippen LogP contribution in [0.3, 0.4) is 0 Å².